The summed E-state index contributed by atoms with van der Waals surface area (Å²) in [6.07, 6.45) is 1.91. The van der Waals surface area contributed by atoms with E-state index in [0.717, 1.165) is 37.1 Å². The smallest absolute Gasteiger partial charge is 0.123 e. The van der Waals surface area contributed by atoms with E-state index in [4.69, 9.17) is 4.74 Å². The lowest BCUT2D eigenvalue weighted by atomic mass is 10.0. The van der Waals surface area contributed by atoms with Crippen molar-refractivity contribution in [2.75, 3.05) is 26.7 Å². The molecule has 1 saturated heterocycles. The van der Waals surface area contributed by atoms with Crippen LogP contribution in [0.4, 0.5) is 4.39 Å². The van der Waals surface area contributed by atoms with Crippen molar-refractivity contribution in [2.24, 2.45) is 0 Å². The first-order valence-corrected chi connectivity index (χ1v) is 6.80. The van der Waals surface area contributed by atoms with Gasteiger partial charge in [0, 0.05) is 19.7 Å². The SMILES string of the molecule is Cc1cc(F)ccc1C(O)CN(C)CC1CCCO1. The second-order valence-electron chi connectivity index (χ2n) is 5.37. The Bertz CT molecular complexity index is 419. The number of hydrogen-bond donors (Lipinski definition) is 1. The molecule has 0 spiro atoms. The van der Waals surface area contributed by atoms with Crippen molar-refractivity contribution in [3.8, 4) is 0 Å². The molecule has 1 aliphatic rings. The minimum atomic E-state index is -0.591. The third-order valence-electron chi connectivity index (χ3n) is 3.61. The highest BCUT2D eigenvalue weighted by Crippen LogP contribution is 2.20. The van der Waals surface area contributed by atoms with Crippen molar-refractivity contribution in [3.05, 3.63) is 35.1 Å². The Balaban J connectivity index is 1.90. The zero-order valence-electron chi connectivity index (χ0n) is 11.6. The van der Waals surface area contributed by atoms with Crippen LogP contribution in [0.2, 0.25) is 0 Å². The minimum absolute atomic E-state index is 0.263. The summed E-state index contributed by atoms with van der Waals surface area (Å²) >= 11 is 0. The fourth-order valence-corrected chi connectivity index (χ4v) is 2.62. The highest BCUT2D eigenvalue weighted by molar-refractivity contribution is 5.28. The van der Waals surface area contributed by atoms with Gasteiger partial charge >= 0.3 is 0 Å². The van der Waals surface area contributed by atoms with Gasteiger partial charge in [-0.05, 0) is 50.1 Å². The topological polar surface area (TPSA) is 32.7 Å². The summed E-state index contributed by atoms with van der Waals surface area (Å²) in [6.45, 7) is 4.03. The van der Waals surface area contributed by atoms with E-state index in [0.29, 0.717) is 6.54 Å². The number of benzene rings is 1. The normalized spacial score (nSPS) is 21.0. The van der Waals surface area contributed by atoms with Gasteiger partial charge in [0.1, 0.15) is 5.82 Å². The molecule has 1 aromatic carbocycles. The zero-order chi connectivity index (χ0) is 13.8. The fourth-order valence-electron chi connectivity index (χ4n) is 2.62. The predicted octanol–water partition coefficient (Wildman–Crippen LogP) is 2.28. The van der Waals surface area contributed by atoms with Gasteiger partial charge in [0.2, 0.25) is 0 Å². The predicted molar refractivity (Wildman–Crippen MR) is 72.6 cm³/mol. The van der Waals surface area contributed by atoms with E-state index >= 15 is 0 Å². The second-order valence-corrected chi connectivity index (χ2v) is 5.37. The maximum atomic E-state index is 13.0. The molecule has 0 aromatic heterocycles. The van der Waals surface area contributed by atoms with Crippen molar-refractivity contribution in [3.63, 3.8) is 0 Å². The quantitative estimate of drug-likeness (QED) is 0.888. The third kappa shape index (κ3) is 4.00. The number of rotatable bonds is 5. The number of aliphatic hydroxyl groups is 1. The average molecular weight is 267 g/mol. The molecule has 0 aliphatic carbocycles. The van der Waals surface area contributed by atoms with Gasteiger partial charge in [-0.25, -0.2) is 4.39 Å². The third-order valence-corrected chi connectivity index (χ3v) is 3.61. The summed E-state index contributed by atoms with van der Waals surface area (Å²) in [6, 6.07) is 4.51. The van der Waals surface area contributed by atoms with Gasteiger partial charge in [0.05, 0.1) is 12.2 Å². The Morgan fingerprint density at radius 1 is 1.53 bits per heavy atom. The molecule has 1 N–H and O–H groups in total. The lowest BCUT2D eigenvalue weighted by Crippen LogP contribution is -2.32. The van der Waals surface area contributed by atoms with Crippen molar-refractivity contribution >= 4 is 0 Å². The van der Waals surface area contributed by atoms with Gasteiger partial charge in [-0.2, -0.15) is 0 Å². The highest BCUT2D eigenvalue weighted by Gasteiger charge is 2.19. The maximum Gasteiger partial charge on any atom is 0.123 e. The first-order chi connectivity index (χ1) is 9.06. The first kappa shape index (κ1) is 14.4. The fraction of sp³-hybridized carbons (Fsp3) is 0.600. The summed E-state index contributed by atoms with van der Waals surface area (Å²) in [7, 11) is 1.98. The molecular formula is C15H22FNO2. The van der Waals surface area contributed by atoms with E-state index in [1.54, 1.807) is 6.07 Å². The Morgan fingerprint density at radius 3 is 2.95 bits per heavy atom. The van der Waals surface area contributed by atoms with Gasteiger partial charge in [-0.15, -0.1) is 0 Å². The number of nitrogens with zero attached hydrogens (tertiary/aromatic N) is 1. The van der Waals surface area contributed by atoms with Crippen LogP contribution in [0, 0.1) is 12.7 Å². The molecule has 2 atom stereocenters. The molecular weight excluding hydrogens is 245 g/mol. The van der Waals surface area contributed by atoms with Crippen LogP contribution >= 0.6 is 0 Å². The molecule has 0 radical (unpaired) electrons. The van der Waals surface area contributed by atoms with E-state index < -0.39 is 6.10 Å². The molecule has 1 aromatic rings. The second kappa shape index (κ2) is 6.46. The van der Waals surface area contributed by atoms with E-state index in [1.807, 2.05) is 14.0 Å². The molecule has 1 heterocycles. The van der Waals surface area contributed by atoms with Gasteiger partial charge < -0.3 is 14.7 Å². The monoisotopic (exact) mass is 267 g/mol. The molecule has 1 fully saturated rings. The first-order valence-electron chi connectivity index (χ1n) is 6.80. The molecule has 2 unspecified atom stereocenters. The Morgan fingerprint density at radius 2 is 2.32 bits per heavy atom. The van der Waals surface area contributed by atoms with E-state index in [-0.39, 0.29) is 11.9 Å². The van der Waals surface area contributed by atoms with Gasteiger partial charge in [0.25, 0.3) is 0 Å². The lowest BCUT2D eigenvalue weighted by molar-refractivity contribution is 0.0601. The van der Waals surface area contributed by atoms with E-state index in [1.165, 1.54) is 12.1 Å². The van der Waals surface area contributed by atoms with E-state index in [2.05, 4.69) is 4.90 Å². The van der Waals surface area contributed by atoms with Crippen LogP contribution in [0.25, 0.3) is 0 Å². The van der Waals surface area contributed by atoms with Crippen LogP contribution in [0.5, 0.6) is 0 Å². The highest BCUT2D eigenvalue weighted by atomic mass is 19.1. The average Bonchev–Trinajstić information content (AvgIpc) is 2.81. The Labute approximate surface area is 114 Å². The number of likely N-dealkylation sites (N-methyl/N-ethyl adjacent to an activating group) is 1. The molecule has 106 valence electrons. The van der Waals surface area contributed by atoms with Crippen molar-refractivity contribution in [1.82, 2.24) is 4.90 Å². The van der Waals surface area contributed by atoms with Gasteiger partial charge in [0.15, 0.2) is 0 Å². The molecule has 2 rings (SSSR count). The molecule has 1 aliphatic heterocycles. The summed E-state index contributed by atoms with van der Waals surface area (Å²) in [5.41, 5.74) is 1.58. The number of halogens is 1. The summed E-state index contributed by atoms with van der Waals surface area (Å²) in [5.74, 6) is -0.263. The summed E-state index contributed by atoms with van der Waals surface area (Å²) < 4.78 is 18.6. The van der Waals surface area contributed by atoms with E-state index in [9.17, 15) is 9.50 Å². The van der Waals surface area contributed by atoms with Gasteiger partial charge in [-0.1, -0.05) is 6.07 Å². The molecule has 0 amide bonds. The van der Waals surface area contributed by atoms with Crippen LogP contribution in [0.1, 0.15) is 30.1 Å². The number of ether oxygens (including phenoxy) is 1. The summed E-state index contributed by atoms with van der Waals surface area (Å²) in [5, 5.41) is 10.2. The maximum absolute atomic E-state index is 13.0. The van der Waals surface area contributed by atoms with Crippen LogP contribution in [0.3, 0.4) is 0 Å². The van der Waals surface area contributed by atoms with Crippen molar-refractivity contribution in [2.45, 2.75) is 32.0 Å². The molecule has 19 heavy (non-hydrogen) atoms. The number of hydrogen-bond acceptors (Lipinski definition) is 3. The molecule has 3 nitrogen and oxygen atoms in total. The molecule has 0 bridgehead atoms. The Hall–Kier alpha value is -0.970. The van der Waals surface area contributed by atoms with Crippen LogP contribution in [-0.2, 0) is 4.74 Å². The standard InChI is InChI=1S/C15H22FNO2/c1-11-8-12(16)5-6-14(11)15(18)10-17(2)9-13-4-3-7-19-13/h5-6,8,13,15,18H,3-4,7,9-10H2,1-2H3. The number of aliphatic hydroxyl groups excluding tert-OH is 1. The van der Waals surface area contributed by atoms with Crippen LogP contribution in [-0.4, -0.2) is 42.9 Å². The summed E-state index contributed by atoms with van der Waals surface area (Å²) in [4.78, 5) is 2.07. The number of aryl methyl sites for hydroxylation is 1. The van der Waals surface area contributed by atoms with Crippen molar-refractivity contribution in [1.29, 1.82) is 0 Å². The van der Waals surface area contributed by atoms with Crippen LogP contribution < -0.4 is 0 Å². The lowest BCUT2D eigenvalue weighted by Gasteiger charge is -2.24. The Kier molecular flexibility index (Phi) is 4.91. The molecule has 4 heteroatoms. The molecule has 0 saturated carbocycles. The van der Waals surface area contributed by atoms with Crippen molar-refractivity contribution < 1.29 is 14.2 Å². The van der Waals surface area contributed by atoms with Gasteiger partial charge in [-0.3, -0.25) is 0 Å². The largest absolute Gasteiger partial charge is 0.387 e. The minimum Gasteiger partial charge on any atom is -0.387 e. The zero-order valence-corrected chi connectivity index (χ0v) is 11.6. The van der Waals surface area contributed by atoms with Crippen LogP contribution in [0.15, 0.2) is 18.2 Å².